The number of nitriles is 1. The first-order chi connectivity index (χ1) is 7.34. The van der Waals surface area contributed by atoms with E-state index in [1.165, 1.54) is 26.0 Å². The van der Waals surface area contributed by atoms with Crippen molar-refractivity contribution in [3.05, 3.63) is 28.8 Å². The molecular weight excluding hydrogens is 228 g/mol. The van der Waals surface area contributed by atoms with Crippen LogP contribution in [0.1, 0.15) is 19.4 Å². The summed E-state index contributed by atoms with van der Waals surface area (Å²) in [4.78, 5) is 11.5. The Morgan fingerprint density at radius 1 is 1.56 bits per heavy atom. The fraction of sp³-hybridized carbons (Fsp3) is 0.273. The summed E-state index contributed by atoms with van der Waals surface area (Å²) >= 11 is 5.75. The second kappa shape index (κ2) is 4.52. The molecule has 0 radical (unpaired) electrons. The van der Waals surface area contributed by atoms with Gasteiger partial charge in [0.25, 0.3) is 5.91 Å². The lowest BCUT2D eigenvalue weighted by Gasteiger charge is -2.17. The van der Waals surface area contributed by atoms with Crippen molar-refractivity contribution >= 4 is 23.2 Å². The molecule has 0 heterocycles. The molecule has 2 N–H and O–H groups in total. The number of carbonyl (C=O) groups excluding carboxylic acids is 1. The van der Waals surface area contributed by atoms with E-state index in [1.807, 2.05) is 6.07 Å². The molecule has 16 heavy (non-hydrogen) atoms. The Morgan fingerprint density at radius 2 is 2.19 bits per heavy atom. The molecule has 0 unspecified atom stereocenters. The molecule has 4 nitrogen and oxygen atoms in total. The number of amides is 1. The van der Waals surface area contributed by atoms with Crippen LogP contribution in [0.15, 0.2) is 18.2 Å². The monoisotopic (exact) mass is 238 g/mol. The number of nitrogens with zero attached hydrogens (tertiary/aromatic N) is 1. The van der Waals surface area contributed by atoms with Crippen LogP contribution < -0.4 is 5.32 Å². The molecule has 5 heteroatoms. The van der Waals surface area contributed by atoms with Crippen LogP contribution in [0.25, 0.3) is 0 Å². The van der Waals surface area contributed by atoms with E-state index in [-0.39, 0.29) is 0 Å². The highest BCUT2D eigenvalue weighted by Gasteiger charge is 2.24. The van der Waals surface area contributed by atoms with E-state index in [1.54, 1.807) is 6.07 Å². The topological polar surface area (TPSA) is 73.1 Å². The molecule has 0 saturated heterocycles. The van der Waals surface area contributed by atoms with Gasteiger partial charge in [-0.2, -0.15) is 5.26 Å². The van der Waals surface area contributed by atoms with Crippen molar-refractivity contribution in [2.24, 2.45) is 0 Å². The predicted molar refractivity (Wildman–Crippen MR) is 61.1 cm³/mol. The van der Waals surface area contributed by atoms with Gasteiger partial charge in [0, 0.05) is 5.02 Å². The number of hydrogen-bond acceptors (Lipinski definition) is 3. The Labute approximate surface area is 98.5 Å². The number of halogens is 1. The summed E-state index contributed by atoms with van der Waals surface area (Å²) in [5.41, 5.74) is -0.918. The first kappa shape index (κ1) is 12.5. The van der Waals surface area contributed by atoms with Crippen LogP contribution in [-0.2, 0) is 4.79 Å². The lowest BCUT2D eigenvalue weighted by molar-refractivity contribution is -0.130. The Hall–Kier alpha value is -1.57. The number of aliphatic hydroxyl groups is 1. The van der Waals surface area contributed by atoms with Crippen molar-refractivity contribution < 1.29 is 9.90 Å². The van der Waals surface area contributed by atoms with Gasteiger partial charge in [0.1, 0.15) is 11.7 Å². The first-order valence-electron chi connectivity index (χ1n) is 4.58. The highest BCUT2D eigenvalue weighted by Crippen LogP contribution is 2.21. The molecule has 0 fully saturated rings. The number of nitrogens with one attached hydrogen (secondary N) is 1. The van der Waals surface area contributed by atoms with Crippen LogP contribution in [0.3, 0.4) is 0 Å². The van der Waals surface area contributed by atoms with Crippen LogP contribution in [0.5, 0.6) is 0 Å². The molecule has 0 saturated carbocycles. The van der Waals surface area contributed by atoms with E-state index in [2.05, 4.69) is 5.32 Å². The lowest BCUT2D eigenvalue weighted by atomic mass is 10.1. The maximum Gasteiger partial charge on any atom is 0.255 e. The maximum absolute atomic E-state index is 11.5. The number of rotatable bonds is 2. The van der Waals surface area contributed by atoms with Gasteiger partial charge in [-0.3, -0.25) is 4.79 Å². The molecule has 0 bridgehead atoms. The summed E-state index contributed by atoms with van der Waals surface area (Å²) in [7, 11) is 0. The van der Waals surface area contributed by atoms with Crippen molar-refractivity contribution in [3.8, 4) is 6.07 Å². The Bertz CT molecular complexity index is 458. The summed E-state index contributed by atoms with van der Waals surface area (Å²) in [5, 5.41) is 21.1. The molecule has 0 aromatic heterocycles. The maximum atomic E-state index is 11.5. The number of anilines is 1. The van der Waals surface area contributed by atoms with Gasteiger partial charge in [0.2, 0.25) is 0 Å². The highest BCUT2D eigenvalue weighted by molar-refractivity contribution is 6.31. The molecule has 0 atom stereocenters. The molecule has 0 aliphatic carbocycles. The standard InChI is InChI=1S/C11H11ClN2O2/c1-11(2,16)10(15)14-9-5-8(12)4-3-7(9)6-13/h3-5,16H,1-2H3,(H,14,15). The van der Waals surface area contributed by atoms with E-state index in [0.29, 0.717) is 16.3 Å². The number of carbonyl (C=O) groups is 1. The van der Waals surface area contributed by atoms with Crippen molar-refractivity contribution in [2.75, 3.05) is 5.32 Å². The summed E-state index contributed by atoms with van der Waals surface area (Å²) in [6.45, 7) is 2.72. The average molecular weight is 239 g/mol. The molecule has 84 valence electrons. The van der Waals surface area contributed by atoms with E-state index in [4.69, 9.17) is 16.9 Å². The van der Waals surface area contributed by atoms with Crippen LogP contribution >= 0.6 is 11.6 Å². The van der Waals surface area contributed by atoms with Gasteiger partial charge < -0.3 is 10.4 Å². The van der Waals surface area contributed by atoms with Crippen LogP contribution in [0.4, 0.5) is 5.69 Å². The molecular formula is C11H11ClN2O2. The van der Waals surface area contributed by atoms with Crippen LogP contribution in [-0.4, -0.2) is 16.6 Å². The van der Waals surface area contributed by atoms with Gasteiger partial charge in [-0.1, -0.05) is 11.6 Å². The van der Waals surface area contributed by atoms with Crippen molar-refractivity contribution in [3.63, 3.8) is 0 Å². The quantitative estimate of drug-likeness (QED) is 0.827. The zero-order valence-electron chi connectivity index (χ0n) is 8.91. The van der Waals surface area contributed by atoms with Gasteiger partial charge in [0.05, 0.1) is 11.3 Å². The van der Waals surface area contributed by atoms with Gasteiger partial charge in [0.15, 0.2) is 0 Å². The van der Waals surface area contributed by atoms with E-state index in [9.17, 15) is 9.90 Å². The summed E-state index contributed by atoms with van der Waals surface area (Å²) in [6, 6.07) is 6.44. The summed E-state index contributed by atoms with van der Waals surface area (Å²) in [6.07, 6.45) is 0. The molecule has 0 spiro atoms. The minimum Gasteiger partial charge on any atom is -0.381 e. The highest BCUT2D eigenvalue weighted by atomic mass is 35.5. The minimum atomic E-state index is -1.50. The van der Waals surface area contributed by atoms with Crippen molar-refractivity contribution in [1.29, 1.82) is 5.26 Å². The largest absolute Gasteiger partial charge is 0.381 e. The second-order valence-electron chi connectivity index (χ2n) is 3.81. The fourth-order valence-corrected chi connectivity index (χ4v) is 1.16. The SMILES string of the molecule is CC(C)(O)C(=O)Nc1cc(Cl)ccc1C#N. The van der Waals surface area contributed by atoms with Gasteiger partial charge >= 0.3 is 0 Å². The smallest absolute Gasteiger partial charge is 0.255 e. The van der Waals surface area contributed by atoms with E-state index >= 15 is 0 Å². The zero-order valence-corrected chi connectivity index (χ0v) is 9.67. The zero-order chi connectivity index (χ0) is 12.3. The average Bonchev–Trinajstić information content (AvgIpc) is 2.16. The van der Waals surface area contributed by atoms with Gasteiger partial charge in [-0.05, 0) is 32.0 Å². The molecule has 0 aliphatic heterocycles. The lowest BCUT2D eigenvalue weighted by Crippen LogP contribution is -2.36. The van der Waals surface area contributed by atoms with Gasteiger partial charge in [-0.25, -0.2) is 0 Å². The summed E-state index contributed by atoms with van der Waals surface area (Å²) in [5.74, 6) is -0.591. The normalized spacial score (nSPS) is 10.7. The summed E-state index contributed by atoms with van der Waals surface area (Å²) < 4.78 is 0. The second-order valence-corrected chi connectivity index (χ2v) is 4.25. The molecule has 1 rings (SSSR count). The molecule has 1 aromatic rings. The first-order valence-corrected chi connectivity index (χ1v) is 4.96. The third-order valence-corrected chi connectivity index (χ3v) is 2.14. The predicted octanol–water partition coefficient (Wildman–Crippen LogP) is 1.92. The van der Waals surface area contributed by atoms with E-state index < -0.39 is 11.5 Å². The van der Waals surface area contributed by atoms with Crippen LogP contribution in [0.2, 0.25) is 5.02 Å². The van der Waals surface area contributed by atoms with Crippen molar-refractivity contribution in [2.45, 2.75) is 19.4 Å². The third kappa shape index (κ3) is 2.96. The Kier molecular flexibility index (Phi) is 3.53. The van der Waals surface area contributed by atoms with E-state index in [0.717, 1.165) is 0 Å². The fourth-order valence-electron chi connectivity index (χ4n) is 0.993. The molecule has 1 aromatic carbocycles. The molecule has 1 amide bonds. The Balaban J connectivity index is 3.02. The van der Waals surface area contributed by atoms with Crippen molar-refractivity contribution in [1.82, 2.24) is 0 Å². The Morgan fingerprint density at radius 3 is 2.69 bits per heavy atom. The van der Waals surface area contributed by atoms with Crippen LogP contribution in [0, 0.1) is 11.3 Å². The number of benzene rings is 1. The number of hydrogen-bond donors (Lipinski definition) is 2. The molecule has 0 aliphatic rings. The third-order valence-electron chi connectivity index (χ3n) is 1.91. The van der Waals surface area contributed by atoms with Gasteiger partial charge in [-0.15, -0.1) is 0 Å². The minimum absolute atomic E-state index is 0.294.